The van der Waals surface area contributed by atoms with Gasteiger partial charge in [-0.2, -0.15) is 22.0 Å². The van der Waals surface area contributed by atoms with E-state index in [9.17, 15) is 26.7 Å². The molecule has 0 aliphatic carbocycles. The second-order valence-electron chi connectivity index (χ2n) is 6.75. The summed E-state index contributed by atoms with van der Waals surface area (Å²) in [6.07, 6.45) is -3.68. The van der Waals surface area contributed by atoms with Crippen molar-refractivity contribution in [1.29, 1.82) is 0 Å². The zero-order valence-electron chi connectivity index (χ0n) is 17.3. The van der Waals surface area contributed by atoms with E-state index < -0.39 is 23.9 Å². The largest absolute Gasteiger partial charge is 0.490 e. The van der Waals surface area contributed by atoms with E-state index in [4.69, 9.17) is 15.6 Å². The van der Waals surface area contributed by atoms with E-state index in [0.29, 0.717) is 5.65 Å². The van der Waals surface area contributed by atoms with Gasteiger partial charge in [0.1, 0.15) is 5.82 Å². The number of anilines is 1. The molecular weight excluding hydrogens is 455 g/mol. The van der Waals surface area contributed by atoms with Crippen LogP contribution < -0.4 is 16.3 Å². The number of aromatic nitrogens is 4. The summed E-state index contributed by atoms with van der Waals surface area (Å²) in [7, 11) is 3.80. The van der Waals surface area contributed by atoms with Gasteiger partial charge in [0.05, 0.1) is 6.54 Å². The number of nitrogens with zero attached hydrogens (tertiary/aromatic N) is 5. The summed E-state index contributed by atoms with van der Waals surface area (Å²) in [5.74, 6) is -1.93. The summed E-state index contributed by atoms with van der Waals surface area (Å²) in [6, 6.07) is 7.26. The van der Waals surface area contributed by atoms with Gasteiger partial charge in [0.15, 0.2) is 5.65 Å². The van der Waals surface area contributed by atoms with E-state index in [0.717, 1.165) is 21.6 Å². The molecule has 9 nitrogen and oxygen atoms in total. The van der Waals surface area contributed by atoms with Crippen molar-refractivity contribution in [2.45, 2.75) is 12.7 Å². The SMILES string of the molecule is CN(C)c1ccc(-c2ccn3c(=O)n(CC(CN)=C(F)F)nc3c2)cn1.O=C(O)C(F)(F)F. The molecule has 3 N–H and O–H groups in total. The van der Waals surface area contributed by atoms with E-state index in [2.05, 4.69) is 10.1 Å². The predicted molar refractivity (Wildman–Crippen MR) is 109 cm³/mol. The second kappa shape index (κ2) is 10.2. The first kappa shape index (κ1) is 25.5. The van der Waals surface area contributed by atoms with Crippen LogP contribution in [0.4, 0.5) is 27.8 Å². The van der Waals surface area contributed by atoms with E-state index in [1.165, 1.54) is 4.40 Å². The topological polar surface area (TPSA) is 119 Å². The zero-order valence-corrected chi connectivity index (χ0v) is 17.3. The molecule has 0 spiro atoms. The Morgan fingerprint density at radius 1 is 1.18 bits per heavy atom. The van der Waals surface area contributed by atoms with Crippen molar-refractivity contribution < 1.29 is 31.9 Å². The molecule has 178 valence electrons. The maximum atomic E-state index is 12.8. The van der Waals surface area contributed by atoms with Crippen LogP contribution in [-0.2, 0) is 11.3 Å². The van der Waals surface area contributed by atoms with Crippen molar-refractivity contribution in [2.24, 2.45) is 5.73 Å². The van der Waals surface area contributed by atoms with Crippen LogP contribution in [0.1, 0.15) is 0 Å². The molecule has 0 aliphatic rings. The highest BCUT2D eigenvalue weighted by Crippen LogP contribution is 2.21. The van der Waals surface area contributed by atoms with Gasteiger partial charge in [0, 0.05) is 44.2 Å². The fourth-order valence-corrected chi connectivity index (χ4v) is 2.50. The Balaban J connectivity index is 0.000000479. The van der Waals surface area contributed by atoms with Crippen LogP contribution in [0, 0.1) is 0 Å². The number of pyridine rings is 2. The number of nitrogens with two attached hydrogens (primary N) is 1. The third-order valence-electron chi connectivity index (χ3n) is 4.22. The highest BCUT2D eigenvalue weighted by Gasteiger charge is 2.38. The standard InChI is InChI=1S/C17H18F2N6O.C2HF3O2/c1-23(2)14-4-3-12(9-21-14)11-5-6-24-15(7-11)22-25(17(24)26)10-13(8-20)16(18)19;3-2(4,5)1(6)7/h3-7,9H,8,10,20H2,1-2H3;(H,6,7). The zero-order chi connectivity index (χ0) is 24.9. The third kappa shape index (κ3) is 6.35. The molecule has 0 aliphatic heterocycles. The number of halogens is 5. The van der Waals surface area contributed by atoms with Crippen molar-refractivity contribution >= 4 is 17.4 Å². The number of carboxylic acids is 1. The molecule has 0 saturated heterocycles. The van der Waals surface area contributed by atoms with Gasteiger partial charge in [0.2, 0.25) is 0 Å². The number of rotatable bonds is 5. The molecule has 0 saturated carbocycles. The first-order chi connectivity index (χ1) is 15.3. The minimum Gasteiger partial charge on any atom is -0.475 e. The van der Waals surface area contributed by atoms with Crippen LogP contribution in [0.2, 0.25) is 0 Å². The number of hydrogen-bond donors (Lipinski definition) is 2. The molecule has 0 unspecified atom stereocenters. The summed E-state index contributed by atoms with van der Waals surface area (Å²) in [5, 5.41) is 11.3. The average molecular weight is 474 g/mol. The Morgan fingerprint density at radius 3 is 2.27 bits per heavy atom. The van der Waals surface area contributed by atoms with Crippen LogP contribution in [0.15, 0.2) is 53.1 Å². The molecule has 0 bridgehead atoms. The van der Waals surface area contributed by atoms with Crippen LogP contribution in [0.25, 0.3) is 16.8 Å². The van der Waals surface area contributed by atoms with Gasteiger partial charge in [-0.15, -0.1) is 5.10 Å². The van der Waals surface area contributed by atoms with E-state index in [1.807, 2.05) is 31.1 Å². The molecular formula is C19H19F5N6O3. The molecule has 0 fully saturated rings. The number of alkyl halides is 3. The minimum atomic E-state index is -5.08. The Labute approximate surface area is 183 Å². The van der Waals surface area contributed by atoms with Crippen LogP contribution in [-0.4, -0.2) is 57.1 Å². The summed E-state index contributed by atoms with van der Waals surface area (Å²) in [6.45, 7) is -0.675. The summed E-state index contributed by atoms with van der Waals surface area (Å²) in [5.41, 5.74) is 6.52. The average Bonchev–Trinajstić information content (AvgIpc) is 3.06. The van der Waals surface area contributed by atoms with Gasteiger partial charge in [0.25, 0.3) is 6.08 Å². The van der Waals surface area contributed by atoms with Crippen molar-refractivity contribution in [1.82, 2.24) is 19.2 Å². The molecule has 0 radical (unpaired) electrons. The van der Waals surface area contributed by atoms with Gasteiger partial charge in [-0.05, 0) is 29.8 Å². The molecule has 3 heterocycles. The van der Waals surface area contributed by atoms with Gasteiger partial charge < -0.3 is 15.7 Å². The lowest BCUT2D eigenvalue weighted by Gasteiger charge is -2.11. The number of carbonyl (C=O) groups is 1. The first-order valence-corrected chi connectivity index (χ1v) is 9.11. The maximum absolute atomic E-state index is 12.8. The molecule has 0 aromatic carbocycles. The highest BCUT2D eigenvalue weighted by atomic mass is 19.4. The number of aliphatic carboxylic acids is 1. The Bertz CT molecular complexity index is 1210. The lowest BCUT2D eigenvalue weighted by atomic mass is 10.1. The van der Waals surface area contributed by atoms with E-state index >= 15 is 0 Å². The smallest absolute Gasteiger partial charge is 0.475 e. The third-order valence-corrected chi connectivity index (χ3v) is 4.22. The summed E-state index contributed by atoms with van der Waals surface area (Å²) >= 11 is 0. The van der Waals surface area contributed by atoms with E-state index in [1.54, 1.807) is 24.5 Å². The van der Waals surface area contributed by atoms with Crippen LogP contribution >= 0.6 is 0 Å². The van der Waals surface area contributed by atoms with Crippen LogP contribution in [0.3, 0.4) is 0 Å². The molecule has 3 aromatic heterocycles. The summed E-state index contributed by atoms with van der Waals surface area (Å²) < 4.78 is 59.6. The minimum absolute atomic E-state index is 0.320. The number of hydrogen-bond acceptors (Lipinski definition) is 6. The molecule has 3 rings (SSSR count). The Hall–Kier alpha value is -3.81. The second-order valence-corrected chi connectivity index (χ2v) is 6.75. The van der Waals surface area contributed by atoms with E-state index in [-0.39, 0.29) is 18.7 Å². The Morgan fingerprint density at radius 2 is 1.82 bits per heavy atom. The van der Waals surface area contributed by atoms with Gasteiger partial charge >= 0.3 is 17.8 Å². The summed E-state index contributed by atoms with van der Waals surface area (Å²) in [4.78, 5) is 27.4. The fourth-order valence-electron chi connectivity index (χ4n) is 2.50. The molecule has 0 amide bonds. The highest BCUT2D eigenvalue weighted by molar-refractivity contribution is 5.73. The predicted octanol–water partition coefficient (Wildman–Crippen LogP) is 2.37. The molecule has 0 atom stereocenters. The van der Waals surface area contributed by atoms with Gasteiger partial charge in [-0.1, -0.05) is 0 Å². The molecule has 14 heteroatoms. The van der Waals surface area contributed by atoms with Crippen LogP contribution in [0.5, 0.6) is 0 Å². The lowest BCUT2D eigenvalue weighted by molar-refractivity contribution is -0.192. The van der Waals surface area contributed by atoms with Gasteiger partial charge in [-0.25, -0.2) is 19.3 Å². The van der Waals surface area contributed by atoms with Gasteiger partial charge in [-0.3, -0.25) is 4.40 Å². The Kier molecular flexibility index (Phi) is 7.87. The van der Waals surface area contributed by atoms with Crippen molar-refractivity contribution in [2.75, 3.05) is 25.5 Å². The van der Waals surface area contributed by atoms with Crippen molar-refractivity contribution in [3.63, 3.8) is 0 Å². The molecule has 3 aromatic rings. The lowest BCUT2D eigenvalue weighted by Crippen LogP contribution is -2.24. The van der Waals surface area contributed by atoms with Crippen molar-refractivity contribution in [3.8, 4) is 11.1 Å². The van der Waals surface area contributed by atoms with Crippen molar-refractivity contribution in [3.05, 3.63) is 58.8 Å². The number of fused-ring (bicyclic) bond motifs is 1. The normalized spacial score (nSPS) is 11.0. The number of carboxylic acid groups (broad SMARTS) is 1. The fraction of sp³-hybridized carbons (Fsp3) is 0.263. The quantitative estimate of drug-likeness (QED) is 0.545. The monoisotopic (exact) mass is 474 g/mol. The first-order valence-electron chi connectivity index (χ1n) is 9.11. The maximum Gasteiger partial charge on any atom is 0.490 e. The molecule has 33 heavy (non-hydrogen) atoms.